The van der Waals surface area contributed by atoms with Gasteiger partial charge < -0.3 is 4.55 Å². The van der Waals surface area contributed by atoms with Gasteiger partial charge in [-0.2, -0.15) is 0 Å². The number of hydrogen-bond donors (Lipinski definition) is 0. The van der Waals surface area contributed by atoms with E-state index in [9.17, 15) is 13.0 Å². The topological polar surface area (TPSA) is 57.2 Å². The van der Waals surface area contributed by atoms with E-state index in [1.165, 1.54) is 0 Å². The standard InChI is InChI=1S/C3H4O3S2.Na/c1-2-3-7-8(4,5)6;/h1H,3H2,(H,4,5,6);/q;+1/p-1. The van der Waals surface area contributed by atoms with Crippen LogP contribution in [0.25, 0.3) is 0 Å². The van der Waals surface area contributed by atoms with Crippen molar-refractivity contribution in [3.05, 3.63) is 0 Å². The molecule has 0 aliphatic heterocycles. The minimum atomic E-state index is -4.16. The molecular weight excluding hydrogens is 171 g/mol. The fourth-order valence-electron chi connectivity index (χ4n) is 0.106. The van der Waals surface area contributed by atoms with Crippen molar-refractivity contribution in [3.8, 4) is 12.3 Å². The molecule has 9 heavy (non-hydrogen) atoms. The molecule has 0 unspecified atom stereocenters. The van der Waals surface area contributed by atoms with Crippen LogP contribution in [0.3, 0.4) is 0 Å². The Bertz CT molecular complexity index is 190. The summed E-state index contributed by atoms with van der Waals surface area (Å²) in [5.41, 5.74) is 0. The van der Waals surface area contributed by atoms with Crippen LogP contribution in [0.2, 0.25) is 0 Å². The zero-order valence-corrected chi connectivity index (χ0v) is 8.46. The molecule has 0 aromatic carbocycles. The maximum absolute atomic E-state index is 9.70. The second-order valence-corrected chi connectivity index (χ2v) is 4.15. The second kappa shape index (κ2) is 5.59. The van der Waals surface area contributed by atoms with Crippen LogP contribution in [-0.2, 0) is 9.15 Å². The Labute approximate surface area is 80.0 Å². The largest absolute Gasteiger partial charge is 1.00 e. The first kappa shape index (κ1) is 12.5. The molecule has 0 heterocycles. The average Bonchev–Trinajstić information content (AvgIpc) is 1.59. The van der Waals surface area contributed by atoms with E-state index in [4.69, 9.17) is 0 Å². The third-order valence-corrected chi connectivity index (χ3v) is 2.08. The smallest absolute Gasteiger partial charge is 0.739 e. The third-order valence-electron chi connectivity index (χ3n) is 0.287. The molecule has 0 N–H and O–H groups in total. The van der Waals surface area contributed by atoms with Gasteiger partial charge in [0.05, 0.1) is 5.75 Å². The van der Waals surface area contributed by atoms with Crippen molar-refractivity contribution in [1.29, 1.82) is 0 Å². The summed E-state index contributed by atoms with van der Waals surface area (Å²) >= 11 is 0. The van der Waals surface area contributed by atoms with Crippen molar-refractivity contribution in [3.63, 3.8) is 0 Å². The molecule has 0 aliphatic rings. The predicted octanol–water partition coefficient (Wildman–Crippen LogP) is -3.18. The van der Waals surface area contributed by atoms with Crippen molar-refractivity contribution in [2.24, 2.45) is 0 Å². The van der Waals surface area contributed by atoms with Gasteiger partial charge in [-0.15, -0.1) is 6.42 Å². The maximum atomic E-state index is 9.70. The minimum Gasteiger partial charge on any atom is -0.739 e. The summed E-state index contributed by atoms with van der Waals surface area (Å²) < 4.78 is 29.1. The fourth-order valence-corrected chi connectivity index (χ4v) is 0.956. The molecule has 0 atom stereocenters. The molecular formula is C3H3NaO3S2. The number of rotatable bonds is 2. The van der Waals surface area contributed by atoms with Crippen molar-refractivity contribution in [2.75, 3.05) is 5.75 Å². The summed E-state index contributed by atoms with van der Waals surface area (Å²) in [6.45, 7) is 0. The molecule has 0 radical (unpaired) electrons. The molecule has 0 amide bonds. The quantitative estimate of drug-likeness (QED) is 0.192. The Morgan fingerprint density at radius 1 is 1.67 bits per heavy atom. The van der Waals surface area contributed by atoms with Gasteiger partial charge in [0.1, 0.15) is 9.15 Å². The van der Waals surface area contributed by atoms with E-state index >= 15 is 0 Å². The summed E-state index contributed by atoms with van der Waals surface area (Å²) in [7, 11) is -3.95. The van der Waals surface area contributed by atoms with E-state index in [0.29, 0.717) is 0 Å². The maximum Gasteiger partial charge on any atom is 1.00 e. The van der Waals surface area contributed by atoms with E-state index in [2.05, 4.69) is 6.42 Å². The zero-order valence-electron chi connectivity index (χ0n) is 4.83. The van der Waals surface area contributed by atoms with E-state index < -0.39 is 9.15 Å². The van der Waals surface area contributed by atoms with Crippen LogP contribution in [-0.4, -0.2) is 18.7 Å². The van der Waals surface area contributed by atoms with Gasteiger partial charge in [-0.25, -0.2) is 8.42 Å². The molecule has 0 spiro atoms. The SMILES string of the molecule is C#CCSS(=O)(=O)[O-].[Na+]. The van der Waals surface area contributed by atoms with Gasteiger partial charge in [-0.1, -0.05) is 5.92 Å². The third kappa shape index (κ3) is 12.1. The summed E-state index contributed by atoms with van der Waals surface area (Å²) in [5.74, 6) is 1.93. The van der Waals surface area contributed by atoms with Gasteiger partial charge in [0.25, 0.3) is 0 Å². The van der Waals surface area contributed by atoms with Crippen molar-refractivity contribution in [2.45, 2.75) is 0 Å². The molecule has 46 valence electrons. The fraction of sp³-hybridized carbons (Fsp3) is 0.333. The molecule has 0 aromatic heterocycles. The molecule has 0 fully saturated rings. The van der Waals surface area contributed by atoms with Crippen molar-refractivity contribution in [1.82, 2.24) is 0 Å². The van der Waals surface area contributed by atoms with E-state index in [-0.39, 0.29) is 46.1 Å². The molecule has 0 bridgehead atoms. The minimum absolute atomic E-state index is 0. The first-order valence-corrected chi connectivity index (χ1v) is 4.51. The average molecular weight is 174 g/mol. The van der Waals surface area contributed by atoms with Gasteiger partial charge in [-0.3, -0.25) is 0 Å². The summed E-state index contributed by atoms with van der Waals surface area (Å²) in [6.07, 6.45) is 4.66. The molecule has 0 rings (SSSR count). The van der Waals surface area contributed by atoms with Crippen LogP contribution < -0.4 is 29.6 Å². The van der Waals surface area contributed by atoms with Gasteiger partial charge in [0.2, 0.25) is 0 Å². The van der Waals surface area contributed by atoms with E-state index in [0.717, 1.165) is 0 Å². The monoisotopic (exact) mass is 174 g/mol. The first-order chi connectivity index (χ1) is 3.56. The van der Waals surface area contributed by atoms with Crippen LogP contribution >= 0.6 is 10.8 Å². The van der Waals surface area contributed by atoms with Crippen molar-refractivity contribution < 1.29 is 42.5 Å². The zero-order chi connectivity index (χ0) is 6.62. The van der Waals surface area contributed by atoms with Gasteiger partial charge in [-0.05, 0) is 10.8 Å². The Kier molecular flexibility index (Phi) is 7.76. The van der Waals surface area contributed by atoms with Crippen LogP contribution in [0.1, 0.15) is 0 Å². The molecule has 0 saturated heterocycles. The van der Waals surface area contributed by atoms with Crippen LogP contribution in [0.4, 0.5) is 0 Å². The van der Waals surface area contributed by atoms with E-state index in [1.807, 2.05) is 5.92 Å². The molecule has 0 aromatic rings. The Balaban J connectivity index is 0. The Morgan fingerprint density at radius 3 is 2.22 bits per heavy atom. The molecule has 0 saturated carbocycles. The predicted molar refractivity (Wildman–Crippen MR) is 31.0 cm³/mol. The summed E-state index contributed by atoms with van der Waals surface area (Å²) in [5, 5.41) is 0. The first-order valence-electron chi connectivity index (χ1n) is 1.60. The number of hydrogen-bond acceptors (Lipinski definition) is 4. The van der Waals surface area contributed by atoms with Crippen LogP contribution in [0.15, 0.2) is 0 Å². The number of terminal acetylenes is 1. The molecule has 3 nitrogen and oxygen atoms in total. The second-order valence-electron chi connectivity index (χ2n) is 0.875. The van der Waals surface area contributed by atoms with Crippen molar-refractivity contribution >= 4 is 19.9 Å². The Morgan fingerprint density at radius 2 is 2.11 bits per heavy atom. The summed E-state index contributed by atoms with van der Waals surface area (Å²) in [4.78, 5) is 0. The van der Waals surface area contributed by atoms with Crippen LogP contribution in [0, 0.1) is 12.3 Å². The normalized spacial score (nSPS) is 9.33. The van der Waals surface area contributed by atoms with Crippen LogP contribution in [0.5, 0.6) is 0 Å². The molecule has 6 heteroatoms. The van der Waals surface area contributed by atoms with E-state index in [1.54, 1.807) is 0 Å². The van der Waals surface area contributed by atoms with Gasteiger partial charge in [0.15, 0.2) is 0 Å². The van der Waals surface area contributed by atoms with Gasteiger partial charge in [0, 0.05) is 0 Å². The molecule has 0 aliphatic carbocycles. The Hall–Kier alpha value is 0.820. The van der Waals surface area contributed by atoms with Gasteiger partial charge >= 0.3 is 29.6 Å². The summed E-state index contributed by atoms with van der Waals surface area (Å²) in [6, 6.07) is 0.